The molecule has 0 unspecified atom stereocenters. The van der Waals surface area contributed by atoms with Crippen molar-refractivity contribution in [3.8, 4) is 5.75 Å². The summed E-state index contributed by atoms with van der Waals surface area (Å²) in [6.07, 6.45) is 1.58. The van der Waals surface area contributed by atoms with Crippen LogP contribution in [0.1, 0.15) is 12.5 Å². The molecular formula is C11H14O3S. The van der Waals surface area contributed by atoms with E-state index in [1.165, 1.54) is 5.41 Å². The Labute approximate surface area is 90.3 Å². The number of hydrogen-bond donors (Lipinski definition) is 0. The lowest BCUT2D eigenvalue weighted by molar-refractivity contribution is 0.415. The van der Waals surface area contributed by atoms with Crippen LogP contribution in [0.2, 0.25) is 0 Å². The highest BCUT2D eigenvalue weighted by atomic mass is 32.2. The van der Waals surface area contributed by atoms with Crippen LogP contribution >= 0.6 is 0 Å². The summed E-state index contributed by atoms with van der Waals surface area (Å²) in [5, 5.41) is 1.23. The molecule has 15 heavy (non-hydrogen) atoms. The van der Waals surface area contributed by atoms with Gasteiger partial charge in [-0.05, 0) is 23.8 Å². The van der Waals surface area contributed by atoms with Crippen molar-refractivity contribution in [3.05, 3.63) is 35.2 Å². The average molecular weight is 226 g/mol. The fourth-order valence-electron chi connectivity index (χ4n) is 0.993. The zero-order valence-electron chi connectivity index (χ0n) is 8.80. The van der Waals surface area contributed by atoms with Crippen LogP contribution in [0.15, 0.2) is 29.7 Å². The second kappa shape index (κ2) is 4.98. The summed E-state index contributed by atoms with van der Waals surface area (Å²) in [7, 11) is -1.46. The van der Waals surface area contributed by atoms with E-state index in [0.717, 1.165) is 11.3 Å². The molecular weight excluding hydrogens is 212 g/mol. The average Bonchev–Trinajstić information content (AvgIpc) is 2.27. The molecule has 82 valence electrons. The summed E-state index contributed by atoms with van der Waals surface area (Å²) in [6.45, 7) is 1.62. The fourth-order valence-corrected chi connectivity index (χ4v) is 1.55. The van der Waals surface area contributed by atoms with Crippen LogP contribution in [0.4, 0.5) is 0 Å². The topological polar surface area (TPSA) is 43.4 Å². The van der Waals surface area contributed by atoms with Crippen LogP contribution in [0, 0.1) is 0 Å². The van der Waals surface area contributed by atoms with Crippen LogP contribution in [-0.2, 0) is 9.84 Å². The third-order valence-corrected chi connectivity index (χ3v) is 3.34. The van der Waals surface area contributed by atoms with E-state index in [0.29, 0.717) is 0 Å². The molecule has 0 amide bonds. The molecule has 0 N–H and O–H groups in total. The lowest BCUT2D eigenvalue weighted by Crippen LogP contribution is -1.96. The lowest BCUT2D eigenvalue weighted by atomic mass is 10.2. The zero-order valence-corrected chi connectivity index (χ0v) is 9.62. The minimum atomic E-state index is -3.05. The van der Waals surface area contributed by atoms with E-state index in [4.69, 9.17) is 4.74 Å². The standard InChI is InChI=1S/C11H14O3S/c1-3-15(12,13)9-8-10-4-6-11(14-2)7-5-10/h4-9H,3H2,1-2H3/b9-8+. The summed E-state index contributed by atoms with van der Waals surface area (Å²) in [4.78, 5) is 0. The van der Waals surface area contributed by atoms with Gasteiger partial charge >= 0.3 is 0 Å². The van der Waals surface area contributed by atoms with Gasteiger partial charge in [0.05, 0.1) is 12.9 Å². The molecule has 0 saturated carbocycles. The highest BCUT2D eigenvalue weighted by Gasteiger charge is 1.99. The molecule has 1 rings (SSSR count). The lowest BCUT2D eigenvalue weighted by Gasteiger charge is -1.98. The molecule has 1 aromatic carbocycles. The van der Waals surface area contributed by atoms with Crippen molar-refractivity contribution < 1.29 is 13.2 Å². The van der Waals surface area contributed by atoms with Crippen LogP contribution in [0.3, 0.4) is 0 Å². The van der Waals surface area contributed by atoms with Crippen molar-refractivity contribution in [1.29, 1.82) is 0 Å². The summed E-state index contributed by atoms with van der Waals surface area (Å²) in [5.74, 6) is 0.880. The Hall–Kier alpha value is -1.29. The van der Waals surface area contributed by atoms with Gasteiger partial charge in [0.15, 0.2) is 9.84 Å². The Kier molecular flexibility index (Phi) is 3.91. The number of rotatable bonds is 4. The Morgan fingerprint density at radius 1 is 1.27 bits per heavy atom. The SMILES string of the molecule is CCS(=O)(=O)/C=C/c1ccc(OC)cc1. The van der Waals surface area contributed by atoms with Crippen LogP contribution < -0.4 is 4.74 Å². The van der Waals surface area contributed by atoms with Gasteiger partial charge in [-0.25, -0.2) is 8.42 Å². The minimum absolute atomic E-state index is 0.125. The highest BCUT2D eigenvalue weighted by Crippen LogP contribution is 2.12. The predicted octanol–water partition coefficient (Wildman–Crippen LogP) is 2.10. The molecule has 0 heterocycles. The Morgan fingerprint density at radius 2 is 1.87 bits per heavy atom. The quantitative estimate of drug-likeness (QED) is 0.789. The van der Waals surface area contributed by atoms with Crippen molar-refractivity contribution in [2.24, 2.45) is 0 Å². The second-order valence-corrected chi connectivity index (χ2v) is 5.20. The maximum absolute atomic E-state index is 11.2. The number of ether oxygens (including phenoxy) is 1. The Morgan fingerprint density at radius 3 is 2.33 bits per heavy atom. The van der Waals surface area contributed by atoms with Crippen molar-refractivity contribution in [3.63, 3.8) is 0 Å². The first-order valence-corrected chi connectivity index (χ1v) is 6.34. The van der Waals surface area contributed by atoms with Crippen LogP contribution in [0.25, 0.3) is 6.08 Å². The zero-order chi connectivity index (χ0) is 11.3. The summed E-state index contributed by atoms with van der Waals surface area (Å²) >= 11 is 0. The van der Waals surface area contributed by atoms with Gasteiger partial charge in [-0.15, -0.1) is 0 Å². The van der Waals surface area contributed by atoms with Gasteiger partial charge in [-0.1, -0.05) is 19.1 Å². The highest BCUT2D eigenvalue weighted by molar-refractivity contribution is 7.94. The molecule has 0 fully saturated rings. The Balaban J connectivity index is 2.82. The van der Waals surface area contributed by atoms with E-state index in [1.54, 1.807) is 44.4 Å². The number of sulfone groups is 1. The van der Waals surface area contributed by atoms with E-state index >= 15 is 0 Å². The molecule has 0 saturated heterocycles. The molecule has 0 spiro atoms. The van der Waals surface area contributed by atoms with E-state index in [-0.39, 0.29) is 5.75 Å². The van der Waals surface area contributed by atoms with Crippen molar-refractivity contribution in [1.82, 2.24) is 0 Å². The maximum atomic E-state index is 11.2. The molecule has 0 aliphatic rings. The van der Waals surface area contributed by atoms with Gasteiger partial charge in [0.25, 0.3) is 0 Å². The van der Waals surface area contributed by atoms with Crippen molar-refractivity contribution in [2.45, 2.75) is 6.92 Å². The molecule has 0 radical (unpaired) electrons. The molecule has 4 heteroatoms. The van der Waals surface area contributed by atoms with E-state index in [9.17, 15) is 8.42 Å². The van der Waals surface area contributed by atoms with E-state index in [2.05, 4.69) is 0 Å². The molecule has 0 aliphatic heterocycles. The van der Waals surface area contributed by atoms with Crippen molar-refractivity contribution >= 4 is 15.9 Å². The molecule has 0 bridgehead atoms. The first-order chi connectivity index (χ1) is 7.07. The molecule has 0 aliphatic carbocycles. The molecule has 1 aromatic rings. The summed E-state index contributed by atoms with van der Waals surface area (Å²) in [5.41, 5.74) is 0.841. The third-order valence-electron chi connectivity index (χ3n) is 1.99. The number of methoxy groups -OCH3 is 1. The molecule has 3 nitrogen and oxygen atoms in total. The van der Waals surface area contributed by atoms with Gasteiger partial charge < -0.3 is 4.74 Å². The predicted molar refractivity (Wildman–Crippen MR) is 61.5 cm³/mol. The van der Waals surface area contributed by atoms with Gasteiger partial charge in [0.2, 0.25) is 0 Å². The molecule has 0 aromatic heterocycles. The smallest absolute Gasteiger partial charge is 0.171 e. The van der Waals surface area contributed by atoms with Gasteiger partial charge in [-0.3, -0.25) is 0 Å². The van der Waals surface area contributed by atoms with E-state index < -0.39 is 9.84 Å². The molecule has 0 atom stereocenters. The first-order valence-electron chi connectivity index (χ1n) is 4.62. The minimum Gasteiger partial charge on any atom is -0.497 e. The number of hydrogen-bond acceptors (Lipinski definition) is 3. The monoisotopic (exact) mass is 226 g/mol. The third kappa shape index (κ3) is 3.75. The summed E-state index contributed by atoms with van der Waals surface area (Å²) < 4.78 is 27.4. The second-order valence-electron chi connectivity index (χ2n) is 3.03. The maximum Gasteiger partial charge on any atom is 0.171 e. The normalized spacial score (nSPS) is 11.9. The van der Waals surface area contributed by atoms with Crippen LogP contribution in [0.5, 0.6) is 5.75 Å². The van der Waals surface area contributed by atoms with Gasteiger partial charge in [-0.2, -0.15) is 0 Å². The number of benzene rings is 1. The largest absolute Gasteiger partial charge is 0.497 e. The van der Waals surface area contributed by atoms with Gasteiger partial charge in [0, 0.05) is 5.41 Å². The fraction of sp³-hybridized carbons (Fsp3) is 0.273. The van der Waals surface area contributed by atoms with E-state index in [1.807, 2.05) is 0 Å². The van der Waals surface area contributed by atoms with Crippen molar-refractivity contribution in [2.75, 3.05) is 12.9 Å². The van der Waals surface area contributed by atoms with Crippen LogP contribution in [-0.4, -0.2) is 21.3 Å². The summed E-state index contributed by atoms with van der Waals surface area (Å²) in [6, 6.07) is 7.19. The van der Waals surface area contributed by atoms with Gasteiger partial charge in [0.1, 0.15) is 5.75 Å². The Bertz CT molecular complexity index is 429. The first kappa shape index (κ1) is 11.8.